The molecule has 0 amide bonds. The van der Waals surface area contributed by atoms with Gasteiger partial charge in [0, 0.05) is 6.42 Å². The highest BCUT2D eigenvalue weighted by atomic mass is 14.9. The number of hydrogen-bond donors (Lipinski definition) is 1. The molecular formula is C25H42N2. The van der Waals surface area contributed by atoms with Crippen molar-refractivity contribution in [3.8, 4) is 0 Å². The highest BCUT2D eigenvalue weighted by Gasteiger charge is 2.02. The Balaban J connectivity index is 1.37. The van der Waals surface area contributed by atoms with Gasteiger partial charge in [0.1, 0.15) is 5.82 Å². The van der Waals surface area contributed by atoms with Crippen molar-refractivity contribution < 1.29 is 0 Å². The van der Waals surface area contributed by atoms with Crippen molar-refractivity contribution in [3.05, 3.63) is 29.6 Å². The van der Waals surface area contributed by atoms with Gasteiger partial charge in [-0.1, -0.05) is 103 Å². The maximum absolute atomic E-state index is 4.70. The van der Waals surface area contributed by atoms with Gasteiger partial charge >= 0.3 is 0 Å². The number of benzene rings is 1. The molecule has 2 aromatic rings. The highest BCUT2D eigenvalue weighted by Crippen LogP contribution is 2.16. The number of fused-ring (bicyclic) bond motifs is 1. The average molecular weight is 371 g/mol. The second-order valence-electron chi connectivity index (χ2n) is 8.40. The van der Waals surface area contributed by atoms with E-state index in [0.29, 0.717) is 0 Å². The van der Waals surface area contributed by atoms with Crippen LogP contribution < -0.4 is 0 Å². The molecule has 27 heavy (non-hydrogen) atoms. The minimum absolute atomic E-state index is 1.09. The van der Waals surface area contributed by atoms with Gasteiger partial charge in [0.05, 0.1) is 11.0 Å². The van der Waals surface area contributed by atoms with Gasteiger partial charge < -0.3 is 4.98 Å². The van der Waals surface area contributed by atoms with Crippen LogP contribution in [0.3, 0.4) is 0 Å². The first-order chi connectivity index (χ1) is 13.3. The van der Waals surface area contributed by atoms with Crippen molar-refractivity contribution in [2.75, 3.05) is 0 Å². The molecule has 2 rings (SSSR count). The zero-order valence-electron chi connectivity index (χ0n) is 18.0. The van der Waals surface area contributed by atoms with Gasteiger partial charge in [-0.15, -0.1) is 0 Å². The van der Waals surface area contributed by atoms with Crippen LogP contribution >= 0.6 is 0 Å². The fourth-order valence-electron chi connectivity index (χ4n) is 3.96. The Hall–Kier alpha value is -1.31. The third kappa shape index (κ3) is 9.44. The molecule has 0 bridgehead atoms. The van der Waals surface area contributed by atoms with Crippen molar-refractivity contribution in [1.29, 1.82) is 0 Å². The van der Waals surface area contributed by atoms with E-state index < -0.39 is 0 Å². The number of H-pyrrole nitrogens is 1. The van der Waals surface area contributed by atoms with E-state index in [2.05, 4.69) is 37.0 Å². The summed E-state index contributed by atoms with van der Waals surface area (Å²) in [5.41, 5.74) is 3.59. The molecule has 1 aromatic carbocycles. The Labute approximate surface area is 167 Å². The Kier molecular flexibility index (Phi) is 11.2. The standard InChI is InChI=1S/C25H42N2/c1-3-4-5-6-7-8-9-10-11-12-13-14-15-16-17-18-25-26-23-20-19-22(2)21-24(23)27-25/h19-21H,3-18H2,1-2H3,(H,26,27). The maximum atomic E-state index is 4.70. The lowest BCUT2D eigenvalue weighted by molar-refractivity contribution is 0.531. The summed E-state index contributed by atoms with van der Waals surface area (Å²) in [6.07, 6.45) is 22.4. The number of hydrogen-bond acceptors (Lipinski definition) is 1. The summed E-state index contributed by atoms with van der Waals surface area (Å²) >= 11 is 0. The molecule has 0 saturated carbocycles. The number of aryl methyl sites for hydroxylation is 2. The van der Waals surface area contributed by atoms with Crippen LogP contribution in [-0.2, 0) is 6.42 Å². The lowest BCUT2D eigenvalue weighted by Crippen LogP contribution is -1.89. The molecule has 1 aromatic heterocycles. The molecule has 152 valence electrons. The van der Waals surface area contributed by atoms with Crippen LogP contribution in [0.15, 0.2) is 18.2 Å². The van der Waals surface area contributed by atoms with E-state index in [-0.39, 0.29) is 0 Å². The fourth-order valence-corrected chi connectivity index (χ4v) is 3.96. The molecule has 0 saturated heterocycles. The second kappa shape index (κ2) is 13.8. The fraction of sp³-hybridized carbons (Fsp3) is 0.720. The third-order valence-corrected chi connectivity index (χ3v) is 5.70. The van der Waals surface area contributed by atoms with Gasteiger partial charge in [-0.25, -0.2) is 4.98 Å². The number of aromatic amines is 1. The molecule has 0 aliphatic rings. The molecule has 0 aliphatic carbocycles. The SMILES string of the molecule is CCCCCCCCCCCCCCCCCc1nc2ccc(C)cc2[nH]1. The van der Waals surface area contributed by atoms with E-state index in [4.69, 9.17) is 4.98 Å². The van der Waals surface area contributed by atoms with Crippen LogP contribution in [-0.4, -0.2) is 9.97 Å². The molecule has 1 heterocycles. The molecule has 0 radical (unpaired) electrons. The summed E-state index contributed by atoms with van der Waals surface area (Å²) in [6.45, 7) is 4.43. The molecule has 2 heteroatoms. The highest BCUT2D eigenvalue weighted by molar-refractivity contribution is 5.75. The second-order valence-corrected chi connectivity index (χ2v) is 8.40. The predicted octanol–water partition coefficient (Wildman–Crippen LogP) is 8.29. The number of unbranched alkanes of at least 4 members (excludes halogenated alkanes) is 14. The van der Waals surface area contributed by atoms with Gasteiger partial charge in [0.2, 0.25) is 0 Å². The maximum Gasteiger partial charge on any atom is 0.107 e. The number of nitrogens with zero attached hydrogens (tertiary/aromatic N) is 1. The van der Waals surface area contributed by atoms with E-state index in [1.165, 1.54) is 107 Å². The summed E-state index contributed by atoms with van der Waals surface area (Å²) in [5, 5.41) is 0. The summed E-state index contributed by atoms with van der Waals surface area (Å²) < 4.78 is 0. The first-order valence-corrected chi connectivity index (χ1v) is 11.7. The van der Waals surface area contributed by atoms with Crippen molar-refractivity contribution in [1.82, 2.24) is 9.97 Å². The van der Waals surface area contributed by atoms with Gasteiger partial charge in [-0.05, 0) is 31.0 Å². The zero-order chi connectivity index (χ0) is 19.2. The van der Waals surface area contributed by atoms with Crippen LogP contribution in [0, 0.1) is 6.92 Å². The Morgan fingerprint density at radius 2 is 1.22 bits per heavy atom. The van der Waals surface area contributed by atoms with Crippen molar-refractivity contribution >= 4 is 11.0 Å². The molecule has 0 fully saturated rings. The summed E-state index contributed by atoms with van der Waals surface area (Å²) in [6, 6.07) is 6.45. The average Bonchev–Trinajstić information content (AvgIpc) is 3.06. The summed E-state index contributed by atoms with van der Waals surface area (Å²) in [7, 11) is 0. The molecule has 0 unspecified atom stereocenters. The van der Waals surface area contributed by atoms with Crippen LogP contribution in [0.4, 0.5) is 0 Å². The molecule has 0 spiro atoms. The lowest BCUT2D eigenvalue weighted by atomic mass is 10.0. The molecule has 2 nitrogen and oxygen atoms in total. The monoisotopic (exact) mass is 370 g/mol. The van der Waals surface area contributed by atoms with Gasteiger partial charge in [-0.3, -0.25) is 0 Å². The number of nitrogens with one attached hydrogen (secondary N) is 1. The summed E-state index contributed by atoms with van der Waals surface area (Å²) in [4.78, 5) is 8.18. The summed E-state index contributed by atoms with van der Waals surface area (Å²) in [5.74, 6) is 1.16. The normalized spacial score (nSPS) is 11.5. The van der Waals surface area contributed by atoms with Crippen molar-refractivity contribution in [2.45, 2.75) is 117 Å². The first-order valence-electron chi connectivity index (χ1n) is 11.7. The topological polar surface area (TPSA) is 28.7 Å². The van der Waals surface area contributed by atoms with E-state index in [0.717, 1.165) is 17.8 Å². The van der Waals surface area contributed by atoms with Crippen molar-refractivity contribution in [3.63, 3.8) is 0 Å². The third-order valence-electron chi connectivity index (χ3n) is 5.70. The molecule has 0 aliphatic heterocycles. The van der Waals surface area contributed by atoms with Crippen LogP contribution in [0.5, 0.6) is 0 Å². The zero-order valence-corrected chi connectivity index (χ0v) is 18.0. The van der Waals surface area contributed by atoms with E-state index in [9.17, 15) is 0 Å². The van der Waals surface area contributed by atoms with Crippen LogP contribution in [0.2, 0.25) is 0 Å². The van der Waals surface area contributed by atoms with Crippen LogP contribution in [0.1, 0.15) is 115 Å². The number of aromatic nitrogens is 2. The van der Waals surface area contributed by atoms with Gasteiger partial charge in [0.25, 0.3) is 0 Å². The smallest absolute Gasteiger partial charge is 0.107 e. The first kappa shape index (κ1) is 22.0. The van der Waals surface area contributed by atoms with Gasteiger partial charge in [-0.2, -0.15) is 0 Å². The minimum Gasteiger partial charge on any atom is -0.342 e. The lowest BCUT2D eigenvalue weighted by Gasteiger charge is -2.03. The van der Waals surface area contributed by atoms with E-state index in [1.54, 1.807) is 0 Å². The minimum atomic E-state index is 1.09. The van der Waals surface area contributed by atoms with Crippen LogP contribution in [0.25, 0.3) is 11.0 Å². The Bertz CT molecular complexity index is 614. The quantitative estimate of drug-likeness (QED) is 0.296. The number of imidazole rings is 1. The molecular weight excluding hydrogens is 328 g/mol. The molecule has 0 atom stereocenters. The van der Waals surface area contributed by atoms with E-state index >= 15 is 0 Å². The Morgan fingerprint density at radius 3 is 1.78 bits per heavy atom. The molecule has 1 N–H and O–H groups in total. The van der Waals surface area contributed by atoms with Crippen molar-refractivity contribution in [2.24, 2.45) is 0 Å². The largest absolute Gasteiger partial charge is 0.342 e. The van der Waals surface area contributed by atoms with E-state index in [1.807, 2.05) is 0 Å². The predicted molar refractivity (Wildman–Crippen MR) is 119 cm³/mol. The Morgan fingerprint density at radius 1 is 0.704 bits per heavy atom. The number of rotatable bonds is 16. The van der Waals surface area contributed by atoms with Gasteiger partial charge in [0.15, 0.2) is 0 Å².